The molecular weight excluding hydrogens is 266 g/mol. The van der Waals surface area contributed by atoms with Crippen molar-refractivity contribution in [3.05, 3.63) is 58.6 Å². The van der Waals surface area contributed by atoms with Gasteiger partial charge in [-0.05, 0) is 36.4 Å². The molecular formula is C14H8ClNO3. The minimum absolute atomic E-state index is 0.0168. The summed E-state index contributed by atoms with van der Waals surface area (Å²) in [7, 11) is 0. The Morgan fingerprint density at radius 2 is 1.89 bits per heavy atom. The molecule has 0 aliphatic rings. The molecule has 2 aromatic rings. The number of halogens is 1. The zero-order valence-electron chi connectivity index (χ0n) is 9.63. The number of rotatable bonds is 3. The van der Waals surface area contributed by atoms with Gasteiger partial charge in [-0.25, -0.2) is 4.79 Å². The maximum absolute atomic E-state index is 11.1. The van der Waals surface area contributed by atoms with Gasteiger partial charge in [0.25, 0.3) is 0 Å². The third-order valence-electron chi connectivity index (χ3n) is 2.40. The molecule has 0 aliphatic carbocycles. The standard InChI is InChI=1S/C14H8ClNO3/c15-12-3-1-2-11(14(17)18)13(12)19-10-6-4-9(8-16)5-7-10/h1-7H,(H,17,18). The number of hydrogen-bond donors (Lipinski definition) is 1. The Morgan fingerprint density at radius 1 is 1.21 bits per heavy atom. The molecule has 0 unspecified atom stereocenters. The molecule has 0 atom stereocenters. The minimum Gasteiger partial charge on any atom is -0.478 e. The van der Waals surface area contributed by atoms with E-state index in [1.165, 1.54) is 12.1 Å². The maximum Gasteiger partial charge on any atom is 0.339 e. The number of nitrogens with zero attached hydrogens (tertiary/aromatic N) is 1. The number of aromatic carboxylic acids is 1. The van der Waals surface area contributed by atoms with Crippen molar-refractivity contribution in [3.63, 3.8) is 0 Å². The van der Waals surface area contributed by atoms with Gasteiger partial charge in [-0.2, -0.15) is 5.26 Å². The predicted molar refractivity (Wildman–Crippen MR) is 69.6 cm³/mol. The van der Waals surface area contributed by atoms with E-state index >= 15 is 0 Å². The zero-order valence-corrected chi connectivity index (χ0v) is 10.4. The molecule has 5 heteroatoms. The van der Waals surface area contributed by atoms with E-state index in [1.807, 2.05) is 6.07 Å². The Hall–Kier alpha value is -2.51. The molecule has 2 aromatic carbocycles. The number of carbonyl (C=O) groups is 1. The molecule has 0 aromatic heterocycles. The average Bonchev–Trinajstić information content (AvgIpc) is 2.41. The molecule has 0 heterocycles. The lowest BCUT2D eigenvalue weighted by Crippen LogP contribution is -2.00. The first-order chi connectivity index (χ1) is 9.11. The first kappa shape index (κ1) is 12.9. The molecule has 1 N–H and O–H groups in total. The minimum atomic E-state index is -1.12. The number of nitriles is 1. The molecule has 2 rings (SSSR count). The van der Waals surface area contributed by atoms with E-state index in [-0.39, 0.29) is 16.3 Å². The van der Waals surface area contributed by atoms with E-state index in [9.17, 15) is 4.79 Å². The zero-order chi connectivity index (χ0) is 13.8. The van der Waals surface area contributed by atoms with Gasteiger partial charge in [0.2, 0.25) is 0 Å². The van der Waals surface area contributed by atoms with Crippen LogP contribution in [0.4, 0.5) is 0 Å². The Labute approximate surface area is 114 Å². The Bertz CT molecular complexity index is 659. The van der Waals surface area contributed by atoms with Crippen molar-refractivity contribution in [1.29, 1.82) is 5.26 Å². The van der Waals surface area contributed by atoms with Crippen LogP contribution in [0.1, 0.15) is 15.9 Å². The average molecular weight is 274 g/mol. The van der Waals surface area contributed by atoms with Crippen LogP contribution in [-0.4, -0.2) is 11.1 Å². The van der Waals surface area contributed by atoms with Crippen molar-refractivity contribution < 1.29 is 14.6 Å². The van der Waals surface area contributed by atoms with Gasteiger partial charge in [0.05, 0.1) is 16.7 Å². The van der Waals surface area contributed by atoms with Crippen molar-refractivity contribution in [2.75, 3.05) is 0 Å². The number of hydrogen-bond acceptors (Lipinski definition) is 3. The molecule has 0 fully saturated rings. The lowest BCUT2D eigenvalue weighted by molar-refractivity contribution is 0.0694. The molecule has 4 nitrogen and oxygen atoms in total. The second kappa shape index (κ2) is 5.42. The summed E-state index contributed by atoms with van der Waals surface area (Å²) >= 11 is 5.94. The van der Waals surface area contributed by atoms with Crippen molar-refractivity contribution in [2.24, 2.45) is 0 Å². The van der Waals surface area contributed by atoms with Crippen LogP contribution in [0.3, 0.4) is 0 Å². The number of carboxylic acid groups (broad SMARTS) is 1. The quantitative estimate of drug-likeness (QED) is 0.925. The highest BCUT2D eigenvalue weighted by Crippen LogP contribution is 2.33. The van der Waals surface area contributed by atoms with Crippen molar-refractivity contribution in [2.45, 2.75) is 0 Å². The van der Waals surface area contributed by atoms with Crippen LogP contribution in [0.25, 0.3) is 0 Å². The smallest absolute Gasteiger partial charge is 0.339 e. The third-order valence-corrected chi connectivity index (χ3v) is 2.70. The van der Waals surface area contributed by atoms with Gasteiger partial charge in [-0.1, -0.05) is 17.7 Å². The van der Waals surface area contributed by atoms with E-state index < -0.39 is 5.97 Å². The van der Waals surface area contributed by atoms with Crippen LogP contribution < -0.4 is 4.74 Å². The monoisotopic (exact) mass is 273 g/mol. The highest BCUT2D eigenvalue weighted by Gasteiger charge is 2.15. The maximum atomic E-state index is 11.1. The van der Waals surface area contributed by atoms with Crippen LogP contribution in [-0.2, 0) is 0 Å². The van der Waals surface area contributed by atoms with Gasteiger partial charge in [0, 0.05) is 0 Å². The molecule has 0 bridgehead atoms. The van der Waals surface area contributed by atoms with E-state index in [1.54, 1.807) is 30.3 Å². The van der Waals surface area contributed by atoms with E-state index in [2.05, 4.69) is 0 Å². The highest BCUT2D eigenvalue weighted by atomic mass is 35.5. The van der Waals surface area contributed by atoms with Gasteiger partial charge >= 0.3 is 5.97 Å². The van der Waals surface area contributed by atoms with Gasteiger partial charge in [-0.15, -0.1) is 0 Å². The Morgan fingerprint density at radius 3 is 2.47 bits per heavy atom. The summed E-state index contributed by atoms with van der Waals surface area (Å²) in [4.78, 5) is 11.1. The fraction of sp³-hybridized carbons (Fsp3) is 0. The second-order valence-corrected chi connectivity index (χ2v) is 4.07. The Balaban J connectivity index is 2.37. The largest absolute Gasteiger partial charge is 0.478 e. The summed E-state index contributed by atoms with van der Waals surface area (Å²) in [6.07, 6.45) is 0. The fourth-order valence-electron chi connectivity index (χ4n) is 1.50. The number of benzene rings is 2. The molecule has 0 aliphatic heterocycles. The molecule has 19 heavy (non-hydrogen) atoms. The van der Waals surface area contributed by atoms with E-state index in [0.717, 1.165) is 0 Å². The van der Waals surface area contributed by atoms with Crippen LogP contribution in [0, 0.1) is 11.3 Å². The number of carboxylic acids is 1. The SMILES string of the molecule is N#Cc1ccc(Oc2c(Cl)cccc2C(=O)O)cc1. The number of para-hydroxylation sites is 1. The summed E-state index contributed by atoms with van der Waals surface area (Å²) in [5.41, 5.74) is 0.474. The van der Waals surface area contributed by atoms with Gasteiger partial charge in [0.15, 0.2) is 5.75 Å². The molecule has 0 amide bonds. The molecule has 94 valence electrons. The molecule has 0 saturated heterocycles. The van der Waals surface area contributed by atoms with E-state index in [4.69, 9.17) is 26.7 Å². The first-order valence-electron chi connectivity index (χ1n) is 5.31. The molecule has 0 radical (unpaired) electrons. The summed E-state index contributed by atoms with van der Waals surface area (Å²) < 4.78 is 5.48. The summed E-state index contributed by atoms with van der Waals surface area (Å²) in [6.45, 7) is 0. The van der Waals surface area contributed by atoms with Crippen LogP contribution >= 0.6 is 11.6 Å². The van der Waals surface area contributed by atoms with Gasteiger partial charge in [0.1, 0.15) is 11.3 Å². The molecule has 0 saturated carbocycles. The topological polar surface area (TPSA) is 70.3 Å². The lowest BCUT2D eigenvalue weighted by Gasteiger charge is -2.10. The van der Waals surface area contributed by atoms with Gasteiger partial charge in [-0.3, -0.25) is 0 Å². The highest BCUT2D eigenvalue weighted by molar-refractivity contribution is 6.32. The summed E-state index contributed by atoms with van der Waals surface area (Å²) in [6, 6.07) is 12.8. The van der Waals surface area contributed by atoms with Crippen molar-refractivity contribution in [3.8, 4) is 17.6 Å². The van der Waals surface area contributed by atoms with Crippen LogP contribution in [0.2, 0.25) is 5.02 Å². The van der Waals surface area contributed by atoms with Gasteiger partial charge < -0.3 is 9.84 Å². The number of ether oxygens (including phenoxy) is 1. The van der Waals surface area contributed by atoms with Crippen molar-refractivity contribution in [1.82, 2.24) is 0 Å². The Kier molecular flexibility index (Phi) is 3.69. The summed E-state index contributed by atoms with van der Waals surface area (Å²) in [5.74, 6) is -0.623. The first-order valence-corrected chi connectivity index (χ1v) is 5.69. The second-order valence-electron chi connectivity index (χ2n) is 3.66. The van der Waals surface area contributed by atoms with Crippen molar-refractivity contribution >= 4 is 17.6 Å². The lowest BCUT2D eigenvalue weighted by atomic mass is 10.2. The molecule has 0 spiro atoms. The summed E-state index contributed by atoms with van der Waals surface area (Å²) in [5, 5.41) is 18.0. The fourth-order valence-corrected chi connectivity index (χ4v) is 1.71. The normalized spacial score (nSPS) is 9.68. The van der Waals surface area contributed by atoms with E-state index in [0.29, 0.717) is 11.3 Å². The van der Waals surface area contributed by atoms with Crippen LogP contribution in [0.5, 0.6) is 11.5 Å². The van der Waals surface area contributed by atoms with Crippen LogP contribution in [0.15, 0.2) is 42.5 Å². The third kappa shape index (κ3) is 2.84. The predicted octanol–water partition coefficient (Wildman–Crippen LogP) is 3.70.